The quantitative estimate of drug-likeness (QED) is 0.754. The first kappa shape index (κ1) is 16.1. The molecule has 1 saturated heterocycles. The Bertz CT molecular complexity index is 273. The van der Waals surface area contributed by atoms with Gasteiger partial charge in [0.1, 0.15) is 0 Å². The van der Waals surface area contributed by atoms with Gasteiger partial charge in [0, 0.05) is 32.3 Å². The normalized spacial score (nSPS) is 29.4. The molecule has 1 saturated carbocycles. The van der Waals surface area contributed by atoms with Crippen molar-refractivity contribution in [1.82, 2.24) is 10.2 Å². The molecule has 2 unspecified atom stereocenters. The Labute approximate surface area is 120 Å². The molecule has 2 N–H and O–H groups in total. The summed E-state index contributed by atoms with van der Waals surface area (Å²) in [4.78, 5) is 2.43. The molecule has 118 valence electrons. The van der Waals surface area contributed by atoms with E-state index in [0.29, 0.717) is 5.92 Å². The van der Waals surface area contributed by atoms with Crippen LogP contribution < -0.4 is 5.32 Å². The van der Waals surface area contributed by atoms with Gasteiger partial charge in [-0.3, -0.25) is 0 Å². The van der Waals surface area contributed by atoms with E-state index in [9.17, 15) is 8.78 Å². The number of aliphatic hydroxyl groups is 1. The number of likely N-dealkylation sites (tertiary alicyclic amines) is 1. The Morgan fingerprint density at radius 1 is 1.15 bits per heavy atom. The van der Waals surface area contributed by atoms with Crippen LogP contribution in [-0.4, -0.2) is 55.3 Å². The number of alkyl halides is 2. The van der Waals surface area contributed by atoms with Gasteiger partial charge in [0.15, 0.2) is 0 Å². The minimum Gasteiger partial charge on any atom is -0.396 e. The second-order valence-corrected chi connectivity index (χ2v) is 6.48. The van der Waals surface area contributed by atoms with Gasteiger partial charge in [0.25, 0.3) is 6.43 Å². The number of halogens is 2. The van der Waals surface area contributed by atoms with E-state index < -0.39 is 6.43 Å². The molecule has 0 radical (unpaired) electrons. The molecular formula is C15H28F2N2O. The van der Waals surface area contributed by atoms with Crippen molar-refractivity contribution in [3.8, 4) is 0 Å². The van der Waals surface area contributed by atoms with Crippen LogP contribution in [0.3, 0.4) is 0 Å². The molecule has 2 atom stereocenters. The standard InChI is InChI=1S/C15H28F2N2O/c16-15(17)8-18-14-7-13(5-6-20)10-19(11-14)9-12-3-1-2-4-12/h12-15,18,20H,1-11H2. The highest BCUT2D eigenvalue weighted by molar-refractivity contribution is 4.85. The smallest absolute Gasteiger partial charge is 0.250 e. The van der Waals surface area contributed by atoms with E-state index in [0.717, 1.165) is 38.4 Å². The Hall–Kier alpha value is -0.260. The van der Waals surface area contributed by atoms with Gasteiger partial charge in [0.2, 0.25) is 0 Å². The van der Waals surface area contributed by atoms with Crippen molar-refractivity contribution >= 4 is 0 Å². The topological polar surface area (TPSA) is 35.5 Å². The van der Waals surface area contributed by atoms with Gasteiger partial charge in [-0.05, 0) is 37.5 Å². The van der Waals surface area contributed by atoms with Crippen molar-refractivity contribution in [3.63, 3.8) is 0 Å². The van der Waals surface area contributed by atoms with Crippen molar-refractivity contribution in [2.24, 2.45) is 11.8 Å². The number of nitrogens with one attached hydrogen (secondary N) is 1. The first-order valence-corrected chi connectivity index (χ1v) is 8.02. The van der Waals surface area contributed by atoms with Crippen LogP contribution in [0.2, 0.25) is 0 Å². The van der Waals surface area contributed by atoms with Crippen LogP contribution in [-0.2, 0) is 0 Å². The summed E-state index contributed by atoms with van der Waals surface area (Å²) in [6, 6.07) is 0.149. The molecule has 20 heavy (non-hydrogen) atoms. The third kappa shape index (κ3) is 5.26. The van der Waals surface area contributed by atoms with Gasteiger partial charge in [-0.1, -0.05) is 12.8 Å². The molecule has 0 aromatic rings. The predicted octanol–water partition coefficient (Wildman–Crippen LogP) is 2.10. The Balaban J connectivity index is 1.82. The van der Waals surface area contributed by atoms with E-state index in [1.54, 1.807) is 0 Å². The molecule has 0 aromatic carbocycles. The highest BCUT2D eigenvalue weighted by atomic mass is 19.3. The molecule has 0 amide bonds. The van der Waals surface area contributed by atoms with E-state index in [4.69, 9.17) is 5.11 Å². The molecular weight excluding hydrogens is 262 g/mol. The lowest BCUT2D eigenvalue weighted by atomic mass is 9.91. The monoisotopic (exact) mass is 290 g/mol. The van der Waals surface area contributed by atoms with E-state index in [1.165, 1.54) is 25.7 Å². The van der Waals surface area contributed by atoms with Crippen molar-refractivity contribution < 1.29 is 13.9 Å². The first-order valence-electron chi connectivity index (χ1n) is 8.02. The van der Waals surface area contributed by atoms with Crippen LogP contribution in [0.5, 0.6) is 0 Å². The summed E-state index contributed by atoms with van der Waals surface area (Å²) < 4.78 is 24.7. The van der Waals surface area contributed by atoms with E-state index >= 15 is 0 Å². The zero-order valence-corrected chi connectivity index (χ0v) is 12.2. The molecule has 1 aliphatic carbocycles. The molecule has 3 nitrogen and oxygen atoms in total. The molecule has 2 aliphatic rings. The lowest BCUT2D eigenvalue weighted by molar-refractivity contribution is 0.0905. The van der Waals surface area contributed by atoms with Gasteiger partial charge in [0.05, 0.1) is 6.54 Å². The molecule has 0 spiro atoms. The van der Waals surface area contributed by atoms with Crippen LogP contribution in [0.1, 0.15) is 38.5 Å². The minimum atomic E-state index is -2.28. The summed E-state index contributed by atoms with van der Waals surface area (Å²) in [6.07, 6.45) is 4.73. The summed E-state index contributed by atoms with van der Waals surface area (Å²) in [5.41, 5.74) is 0. The molecule has 5 heteroatoms. The SMILES string of the molecule is OCCC1CC(NCC(F)F)CN(CC2CCCC2)C1. The summed E-state index contributed by atoms with van der Waals surface area (Å²) >= 11 is 0. The average Bonchev–Trinajstić information content (AvgIpc) is 2.89. The Morgan fingerprint density at radius 3 is 2.55 bits per heavy atom. The number of hydrogen-bond donors (Lipinski definition) is 2. The summed E-state index contributed by atoms with van der Waals surface area (Å²) in [6.45, 7) is 2.99. The average molecular weight is 290 g/mol. The van der Waals surface area contributed by atoms with Crippen LogP contribution in [0.15, 0.2) is 0 Å². The van der Waals surface area contributed by atoms with Gasteiger partial charge < -0.3 is 15.3 Å². The second-order valence-electron chi connectivity index (χ2n) is 6.48. The van der Waals surface area contributed by atoms with Crippen molar-refractivity contribution in [3.05, 3.63) is 0 Å². The van der Waals surface area contributed by atoms with Gasteiger partial charge in [-0.2, -0.15) is 0 Å². The van der Waals surface area contributed by atoms with E-state index in [2.05, 4.69) is 10.2 Å². The van der Waals surface area contributed by atoms with Crippen LogP contribution >= 0.6 is 0 Å². The second kappa shape index (κ2) is 8.25. The fourth-order valence-electron chi connectivity index (χ4n) is 3.81. The predicted molar refractivity (Wildman–Crippen MR) is 76.0 cm³/mol. The number of hydrogen-bond acceptors (Lipinski definition) is 3. The van der Waals surface area contributed by atoms with E-state index in [1.807, 2.05) is 0 Å². The van der Waals surface area contributed by atoms with Crippen molar-refractivity contribution in [2.75, 3.05) is 32.8 Å². The molecule has 2 rings (SSSR count). The first-order chi connectivity index (χ1) is 9.67. The molecule has 2 fully saturated rings. The summed E-state index contributed by atoms with van der Waals surface area (Å²) in [7, 11) is 0. The number of rotatable bonds is 7. The maximum atomic E-state index is 12.3. The third-order valence-corrected chi connectivity index (χ3v) is 4.70. The summed E-state index contributed by atoms with van der Waals surface area (Å²) in [5.74, 6) is 1.23. The maximum absolute atomic E-state index is 12.3. The van der Waals surface area contributed by atoms with Crippen molar-refractivity contribution in [1.29, 1.82) is 0 Å². The number of piperidine rings is 1. The largest absolute Gasteiger partial charge is 0.396 e. The molecule has 1 aliphatic heterocycles. The number of aliphatic hydroxyl groups excluding tert-OH is 1. The minimum absolute atomic E-state index is 0.149. The Morgan fingerprint density at radius 2 is 1.90 bits per heavy atom. The zero-order valence-electron chi connectivity index (χ0n) is 12.2. The van der Waals surface area contributed by atoms with Crippen LogP contribution in [0.25, 0.3) is 0 Å². The molecule has 0 aromatic heterocycles. The van der Waals surface area contributed by atoms with Gasteiger partial charge >= 0.3 is 0 Å². The number of nitrogens with zero attached hydrogens (tertiary/aromatic N) is 1. The lowest BCUT2D eigenvalue weighted by Crippen LogP contribution is -2.51. The Kier molecular flexibility index (Phi) is 6.65. The van der Waals surface area contributed by atoms with Gasteiger partial charge in [-0.15, -0.1) is 0 Å². The fraction of sp³-hybridized carbons (Fsp3) is 1.00. The van der Waals surface area contributed by atoms with Crippen molar-refractivity contribution in [2.45, 2.75) is 51.0 Å². The highest BCUT2D eigenvalue weighted by Crippen LogP contribution is 2.28. The molecule has 0 bridgehead atoms. The van der Waals surface area contributed by atoms with Gasteiger partial charge in [-0.25, -0.2) is 8.78 Å². The lowest BCUT2D eigenvalue weighted by Gasteiger charge is -2.39. The maximum Gasteiger partial charge on any atom is 0.250 e. The van der Waals surface area contributed by atoms with Crippen LogP contribution in [0.4, 0.5) is 8.78 Å². The van der Waals surface area contributed by atoms with E-state index in [-0.39, 0.29) is 19.2 Å². The zero-order chi connectivity index (χ0) is 14.4. The highest BCUT2D eigenvalue weighted by Gasteiger charge is 2.29. The summed E-state index contributed by atoms with van der Waals surface area (Å²) in [5, 5.41) is 12.1. The van der Waals surface area contributed by atoms with Crippen LogP contribution in [0, 0.1) is 11.8 Å². The fourth-order valence-corrected chi connectivity index (χ4v) is 3.81. The molecule has 1 heterocycles. The third-order valence-electron chi connectivity index (χ3n) is 4.70.